The zero-order valence-electron chi connectivity index (χ0n) is 17.5. The molecule has 2 N–H and O–H groups in total. The number of rotatable bonds is 2. The van der Waals surface area contributed by atoms with Gasteiger partial charge in [0, 0.05) is 42.1 Å². The summed E-state index contributed by atoms with van der Waals surface area (Å²) in [5.74, 6) is 1.48. The summed E-state index contributed by atoms with van der Waals surface area (Å²) in [7, 11) is 0. The van der Waals surface area contributed by atoms with E-state index in [-0.39, 0.29) is 11.8 Å². The number of ether oxygens (including phenoxy) is 1. The fourth-order valence-corrected chi connectivity index (χ4v) is 7.11. The molecular formula is C26H25NO4. The highest BCUT2D eigenvalue weighted by molar-refractivity contribution is 5.84. The van der Waals surface area contributed by atoms with Crippen molar-refractivity contribution < 1.29 is 19.4 Å². The zero-order valence-corrected chi connectivity index (χ0v) is 17.5. The molecule has 4 atom stereocenters. The van der Waals surface area contributed by atoms with Crippen LogP contribution >= 0.6 is 0 Å². The summed E-state index contributed by atoms with van der Waals surface area (Å²) < 4.78 is 12.9. The van der Waals surface area contributed by atoms with Gasteiger partial charge in [-0.15, -0.1) is 0 Å². The van der Waals surface area contributed by atoms with Crippen LogP contribution in [0.25, 0.3) is 11.0 Å². The minimum Gasteiger partial charge on any atom is -0.504 e. The van der Waals surface area contributed by atoms with Gasteiger partial charge in [0.25, 0.3) is 0 Å². The van der Waals surface area contributed by atoms with Gasteiger partial charge >= 0.3 is 0 Å². The molecule has 1 saturated heterocycles. The van der Waals surface area contributed by atoms with Crippen LogP contribution in [0.5, 0.6) is 11.5 Å². The van der Waals surface area contributed by atoms with Crippen molar-refractivity contribution in [1.29, 1.82) is 0 Å². The van der Waals surface area contributed by atoms with Crippen LogP contribution in [0.2, 0.25) is 0 Å². The maximum Gasteiger partial charge on any atom is 0.169 e. The molecule has 7 rings (SSSR count). The molecule has 31 heavy (non-hydrogen) atoms. The van der Waals surface area contributed by atoms with Gasteiger partial charge in [0.15, 0.2) is 17.6 Å². The smallest absolute Gasteiger partial charge is 0.169 e. The summed E-state index contributed by atoms with van der Waals surface area (Å²) >= 11 is 0. The fraction of sp³-hybridized carbons (Fsp3) is 0.385. The molecule has 4 aliphatic rings. The van der Waals surface area contributed by atoms with Crippen LogP contribution < -0.4 is 4.74 Å². The van der Waals surface area contributed by atoms with Crippen molar-refractivity contribution in [3.63, 3.8) is 0 Å². The Kier molecular flexibility index (Phi) is 3.19. The van der Waals surface area contributed by atoms with Crippen LogP contribution in [0.1, 0.15) is 41.9 Å². The molecule has 2 aliphatic carbocycles. The lowest BCUT2D eigenvalue weighted by Gasteiger charge is -2.62. The highest BCUT2D eigenvalue weighted by Crippen LogP contribution is 2.69. The van der Waals surface area contributed by atoms with E-state index in [0.29, 0.717) is 12.2 Å². The predicted molar refractivity (Wildman–Crippen MR) is 117 cm³/mol. The Hall–Kier alpha value is -2.76. The average Bonchev–Trinajstić information content (AvgIpc) is 3.27. The number of nitrogens with zero attached hydrogens (tertiary/aromatic N) is 1. The van der Waals surface area contributed by atoms with Crippen LogP contribution in [0.15, 0.2) is 53.0 Å². The van der Waals surface area contributed by atoms with E-state index in [4.69, 9.17) is 9.15 Å². The summed E-state index contributed by atoms with van der Waals surface area (Å²) in [6, 6.07) is 11.7. The van der Waals surface area contributed by atoms with Crippen molar-refractivity contribution >= 4 is 11.0 Å². The zero-order chi connectivity index (χ0) is 21.1. The average molecular weight is 415 g/mol. The van der Waals surface area contributed by atoms with Gasteiger partial charge in [-0.05, 0) is 37.5 Å². The second-order valence-corrected chi connectivity index (χ2v) is 9.86. The minimum atomic E-state index is -1.02. The Bertz CT molecular complexity index is 1290. The number of likely N-dealkylation sites (tertiary alicyclic amines) is 1. The third-order valence-corrected chi connectivity index (χ3v) is 8.21. The van der Waals surface area contributed by atoms with E-state index in [9.17, 15) is 10.2 Å². The molecule has 5 heteroatoms. The molecule has 3 heterocycles. The Balaban J connectivity index is 1.54. The van der Waals surface area contributed by atoms with Crippen molar-refractivity contribution in [2.75, 3.05) is 13.1 Å². The van der Waals surface area contributed by atoms with Crippen molar-refractivity contribution in [3.8, 4) is 11.5 Å². The van der Waals surface area contributed by atoms with E-state index in [1.807, 2.05) is 31.2 Å². The number of aliphatic hydroxyl groups is 1. The lowest BCUT2D eigenvalue weighted by Crippen LogP contribution is -2.74. The second-order valence-electron chi connectivity index (χ2n) is 9.86. The topological polar surface area (TPSA) is 66.1 Å². The number of aromatic hydroxyl groups is 1. The number of benzene rings is 2. The van der Waals surface area contributed by atoms with Crippen LogP contribution in [0.3, 0.4) is 0 Å². The summed E-state index contributed by atoms with van der Waals surface area (Å²) in [4.78, 5) is 2.39. The van der Waals surface area contributed by atoms with Crippen LogP contribution in [-0.2, 0) is 18.3 Å². The number of hydrogen-bond acceptors (Lipinski definition) is 5. The molecule has 2 bridgehead atoms. The Morgan fingerprint density at radius 3 is 2.94 bits per heavy atom. The maximum absolute atomic E-state index is 12.6. The highest BCUT2D eigenvalue weighted by atomic mass is 16.5. The second kappa shape index (κ2) is 5.53. The lowest BCUT2D eigenvalue weighted by atomic mass is 9.49. The van der Waals surface area contributed by atoms with Crippen LogP contribution in [0, 0.1) is 0 Å². The van der Waals surface area contributed by atoms with E-state index in [0.717, 1.165) is 64.9 Å². The molecule has 158 valence electrons. The van der Waals surface area contributed by atoms with Crippen LogP contribution in [-0.4, -0.2) is 39.8 Å². The first-order chi connectivity index (χ1) is 14.9. The molecule has 3 aromatic rings. The molecule has 0 radical (unpaired) electrons. The summed E-state index contributed by atoms with van der Waals surface area (Å²) in [5.41, 5.74) is 3.48. The summed E-state index contributed by atoms with van der Waals surface area (Å²) in [6.07, 6.45) is 1.56. The summed E-state index contributed by atoms with van der Waals surface area (Å²) in [6.45, 7) is 7.80. The first-order valence-corrected chi connectivity index (χ1v) is 11.1. The van der Waals surface area contributed by atoms with Gasteiger partial charge in [-0.1, -0.05) is 36.4 Å². The van der Waals surface area contributed by atoms with Crippen LogP contribution in [0.4, 0.5) is 0 Å². The number of furan rings is 1. The van der Waals surface area contributed by atoms with E-state index in [1.165, 1.54) is 0 Å². The molecule has 0 amide bonds. The number of piperidine rings is 1. The number of fused-ring (bicyclic) bond motifs is 4. The van der Waals surface area contributed by atoms with Gasteiger partial charge in [-0.3, -0.25) is 4.90 Å². The lowest BCUT2D eigenvalue weighted by molar-refractivity contribution is -0.173. The van der Waals surface area contributed by atoms with Gasteiger partial charge in [-0.2, -0.15) is 0 Å². The molecular weight excluding hydrogens is 390 g/mol. The quantitative estimate of drug-likeness (QED) is 0.620. The first-order valence-electron chi connectivity index (χ1n) is 11.1. The van der Waals surface area contributed by atoms with E-state index >= 15 is 0 Å². The molecule has 5 nitrogen and oxygen atoms in total. The van der Waals surface area contributed by atoms with Crippen molar-refractivity contribution in [2.45, 2.75) is 49.3 Å². The van der Waals surface area contributed by atoms with E-state index < -0.39 is 17.1 Å². The molecule has 1 aromatic heterocycles. The first kappa shape index (κ1) is 17.9. The monoisotopic (exact) mass is 415 g/mol. The normalized spacial score (nSPS) is 32.5. The number of hydrogen-bond donors (Lipinski definition) is 2. The Morgan fingerprint density at radius 2 is 2.10 bits per heavy atom. The molecule has 2 aromatic carbocycles. The number of phenolic OH excluding ortho intramolecular Hbond substituents is 1. The Morgan fingerprint density at radius 1 is 1.26 bits per heavy atom. The molecule has 0 saturated carbocycles. The number of phenols is 1. The predicted octanol–water partition coefficient (Wildman–Crippen LogP) is 4.00. The number of para-hydroxylation sites is 1. The fourth-order valence-electron chi connectivity index (χ4n) is 7.11. The SMILES string of the molecule is C=C(C)CN1CC[C@]23c4c5ccc(O)c4O[C@H]2c2oc4ccccc4c2C[C@@]3(O)[C@H]1C5. The molecule has 1 fully saturated rings. The molecule has 1 spiro atoms. The largest absolute Gasteiger partial charge is 0.504 e. The van der Waals surface area contributed by atoms with E-state index in [2.05, 4.69) is 17.5 Å². The third kappa shape index (κ3) is 1.91. The third-order valence-electron chi connectivity index (χ3n) is 8.21. The van der Waals surface area contributed by atoms with Gasteiger partial charge in [0.05, 0.1) is 11.0 Å². The van der Waals surface area contributed by atoms with Crippen molar-refractivity contribution in [2.24, 2.45) is 0 Å². The summed E-state index contributed by atoms with van der Waals surface area (Å²) in [5, 5.41) is 24.4. The van der Waals surface area contributed by atoms with Gasteiger partial charge in [0.2, 0.25) is 0 Å². The minimum absolute atomic E-state index is 0.0474. The van der Waals surface area contributed by atoms with Gasteiger partial charge < -0.3 is 19.4 Å². The molecule has 2 aliphatic heterocycles. The molecule has 0 unspecified atom stereocenters. The van der Waals surface area contributed by atoms with Gasteiger partial charge in [-0.25, -0.2) is 0 Å². The van der Waals surface area contributed by atoms with Gasteiger partial charge in [0.1, 0.15) is 11.3 Å². The Labute approximate surface area is 180 Å². The maximum atomic E-state index is 12.6. The van der Waals surface area contributed by atoms with E-state index in [1.54, 1.807) is 6.07 Å². The van der Waals surface area contributed by atoms with Crippen molar-refractivity contribution in [3.05, 3.63) is 71.0 Å². The standard InChI is InChI=1S/C26H25NO4/c1-14(2)13-27-10-9-25-21-15-7-8-18(28)23(21)31-24(25)22-17(12-26(25,29)20(27)11-15)16-5-3-4-6-19(16)30-22/h3-8,20,24,28-29H,1,9-13H2,2H3/t20-,24+,25+,26-/m1/s1. The highest BCUT2D eigenvalue weighted by Gasteiger charge is 2.73. The van der Waals surface area contributed by atoms with Crippen molar-refractivity contribution in [1.82, 2.24) is 4.90 Å².